The van der Waals surface area contributed by atoms with Gasteiger partial charge in [-0.15, -0.1) is 0 Å². The van der Waals surface area contributed by atoms with E-state index in [1.165, 1.54) is 12.1 Å². The highest BCUT2D eigenvalue weighted by atomic mass is 35.5. The number of halogens is 2. The second-order valence-electron chi connectivity index (χ2n) is 5.86. The first-order valence-electron chi connectivity index (χ1n) is 8.31. The summed E-state index contributed by atoms with van der Waals surface area (Å²) in [5, 5.41) is 12.9. The van der Waals surface area contributed by atoms with Crippen LogP contribution in [0, 0.1) is 10.1 Å². The van der Waals surface area contributed by atoms with Gasteiger partial charge in [-0.25, -0.2) is 23.2 Å². The van der Waals surface area contributed by atoms with Crippen LogP contribution in [-0.4, -0.2) is 41.8 Å². The summed E-state index contributed by atoms with van der Waals surface area (Å²) < 4.78 is 29.9. The van der Waals surface area contributed by atoms with Gasteiger partial charge in [0, 0.05) is 12.1 Å². The summed E-state index contributed by atoms with van der Waals surface area (Å²) in [6, 6.07) is 6.75. The molecule has 32 heavy (non-hydrogen) atoms. The van der Waals surface area contributed by atoms with Crippen LogP contribution < -0.4 is 5.32 Å². The summed E-state index contributed by atoms with van der Waals surface area (Å²) in [6.45, 7) is -0.680. The lowest BCUT2D eigenvalue weighted by Gasteiger charge is -2.05. The fourth-order valence-electron chi connectivity index (χ4n) is 2.26. The number of thiazole rings is 1. The normalized spacial score (nSPS) is 11.1. The molecule has 0 aliphatic heterocycles. The molecule has 0 bridgehead atoms. The minimum absolute atomic E-state index is 0.00599. The molecule has 3 rings (SSSR count). The van der Waals surface area contributed by atoms with Gasteiger partial charge in [0.25, 0.3) is 11.6 Å². The highest BCUT2D eigenvalue weighted by Gasteiger charge is 2.22. The lowest BCUT2D eigenvalue weighted by Crippen LogP contribution is -2.20. The Hall–Kier alpha value is -3.13. The molecule has 0 spiro atoms. The molecule has 15 heteroatoms. The molecule has 0 radical (unpaired) electrons. The molecular formula is C17H10Cl2N4O7S2. The molecule has 0 aliphatic carbocycles. The van der Waals surface area contributed by atoms with Crippen LogP contribution in [0.25, 0.3) is 0 Å². The van der Waals surface area contributed by atoms with E-state index in [4.69, 9.17) is 27.9 Å². The van der Waals surface area contributed by atoms with Crippen molar-refractivity contribution in [2.24, 2.45) is 0 Å². The van der Waals surface area contributed by atoms with Crippen LogP contribution in [0.4, 0.5) is 10.8 Å². The van der Waals surface area contributed by atoms with E-state index in [-0.39, 0.29) is 35.8 Å². The predicted octanol–water partition coefficient (Wildman–Crippen LogP) is 3.38. The number of hydrogen-bond acceptors (Lipinski definition) is 10. The zero-order chi connectivity index (χ0) is 23.5. The lowest BCUT2D eigenvalue weighted by atomic mass is 10.3. The van der Waals surface area contributed by atoms with E-state index in [9.17, 15) is 28.1 Å². The first-order chi connectivity index (χ1) is 15.1. The van der Waals surface area contributed by atoms with Crippen molar-refractivity contribution in [2.75, 3.05) is 11.9 Å². The van der Waals surface area contributed by atoms with E-state index < -0.39 is 33.2 Å². The van der Waals surface area contributed by atoms with Crippen molar-refractivity contribution in [1.82, 2.24) is 9.97 Å². The fraction of sp³-hybridized carbons (Fsp3) is 0.0588. The summed E-state index contributed by atoms with van der Waals surface area (Å²) in [5.74, 6) is -1.63. The van der Waals surface area contributed by atoms with Crippen LogP contribution >= 0.6 is 34.5 Å². The number of non-ortho nitro benzene ring substituents is 1. The average Bonchev–Trinajstić information content (AvgIpc) is 3.20. The number of anilines is 1. The maximum Gasteiger partial charge on any atom is 0.338 e. The van der Waals surface area contributed by atoms with Gasteiger partial charge in [-0.3, -0.25) is 20.2 Å². The molecule has 0 atom stereocenters. The van der Waals surface area contributed by atoms with Crippen molar-refractivity contribution in [1.29, 1.82) is 0 Å². The number of aromatic nitrogens is 2. The molecule has 0 unspecified atom stereocenters. The van der Waals surface area contributed by atoms with Gasteiger partial charge < -0.3 is 4.74 Å². The third kappa shape index (κ3) is 5.56. The first kappa shape index (κ1) is 23.5. The van der Waals surface area contributed by atoms with E-state index in [1.54, 1.807) is 0 Å². The van der Waals surface area contributed by atoms with E-state index in [0.717, 1.165) is 30.5 Å². The Kier molecular flexibility index (Phi) is 7.03. The standard InChI is InChI=1S/C17H10Cl2N4O7S2/c18-12-5-9(6-13(19)21-12)16(25)30-8-14(24)22-17-20-7-15(31-17)32(28,29)11-3-1-10(2-4-11)23(26)27/h1-7H,8H2,(H,20,22,24). The van der Waals surface area contributed by atoms with Crippen molar-refractivity contribution in [3.05, 3.63) is 68.6 Å². The van der Waals surface area contributed by atoms with Gasteiger partial charge in [0.15, 0.2) is 11.7 Å². The number of nitrogens with zero attached hydrogens (tertiary/aromatic N) is 3. The number of rotatable bonds is 7. The van der Waals surface area contributed by atoms with E-state index in [1.807, 2.05) is 0 Å². The molecule has 3 aromatic rings. The SMILES string of the molecule is O=C(COC(=O)c1cc(Cl)nc(Cl)c1)Nc1ncc(S(=O)(=O)c2ccc([N+](=O)[O-])cc2)s1. The van der Waals surface area contributed by atoms with E-state index in [2.05, 4.69) is 15.3 Å². The fourth-order valence-corrected chi connectivity index (χ4v) is 5.17. The summed E-state index contributed by atoms with van der Waals surface area (Å²) in [4.78, 5) is 41.4. The van der Waals surface area contributed by atoms with Crippen LogP contribution in [0.1, 0.15) is 10.4 Å². The number of nitrogens with one attached hydrogen (secondary N) is 1. The zero-order valence-electron chi connectivity index (χ0n) is 15.5. The number of benzene rings is 1. The number of carbonyl (C=O) groups is 2. The maximum atomic E-state index is 12.6. The topological polar surface area (TPSA) is 158 Å². The summed E-state index contributed by atoms with van der Waals surface area (Å²) in [7, 11) is -4.00. The number of hydrogen-bond donors (Lipinski definition) is 1. The maximum absolute atomic E-state index is 12.6. The second-order valence-corrected chi connectivity index (χ2v) is 9.85. The third-order valence-corrected chi connectivity index (χ3v) is 7.22. The number of sulfone groups is 1. The van der Waals surface area contributed by atoms with Gasteiger partial charge in [-0.2, -0.15) is 0 Å². The van der Waals surface area contributed by atoms with E-state index >= 15 is 0 Å². The Balaban J connectivity index is 1.63. The highest BCUT2D eigenvalue weighted by molar-refractivity contribution is 7.93. The van der Waals surface area contributed by atoms with Gasteiger partial charge in [0.1, 0.15) is 14.5 Å². The summed E-state index contributed by atoms with van der Waals surface area (Å²) in [5.41, 5.74) is -0.263. The summed E-state index contributed by atoms with van der Waals surface area (Å²) in [6.07, 6.45) is 1.03. The van der Waals surface area contributed by atoms with Crippen molar-refractivity contribution < 1.29 is 27.7 Å². The Labute approximate surface area is 194 Å². The molecule has 11 nitrogen and oxygen atoms in total. The molecule has 0 fully saturated rings. The van der Waals surface area contributed by atoms with Crippen molar-refractivity contribution in [2.45, 2.75) is 9.10 Å². The molecule has 2 heterocycles. The van der Waals surface area contributed by atoms with Crippen molar-refractivity contribution >= 4 is 67.1 Å². The number of nitro benzene ring substituents is 1. The predicted molar refractivity (Wildman–Crippen MR) is 114 cm³/mol. The van der Waals surface area contributed by atoms with Crippen LogP contribution in [0.3, 0.4) is 0 Å². The Morgan fingerprint density at radius 2 is 1.78 bits per heavy atom. The van der Waals surface area contributed by atoms with Crippen molar-refractivity contribution in [3.63, 3.8) is 0 Å². The molecule has 2 aromatic heterocycles. The van der Waals surface area contributed by atoms with Crippen LogP contribution in [0.5, 0.6) is 0 Å². The highest BCUT2D eigenvalue weighted by Crippen LogP contribution is 2.29. The minimum atomic E-state index is -4.00. The Morgan fingerprint density at radius 3 is 2.38 bits per heavy atom. The molecule has 0 saturated heterocycles. The molecule has 0 aliphatic rings. The Bertz CT molecular complexity index is 1290. The van der Waals surface area contributed by atoms with Gasteiger partial charge >= 0.3 is 5.97 Å². The number of ether oxygens (including phenoxy) is 1. The average molecular weight is 517 g/mol. The summed E-state index contributed by atoms with van der Waals surface area (Å²) >= 11 is 12.1. The molecule has 1 N–H and O–H groups in total. The number of carbonyl (C=O) groups excluding carboxylic acids is 2. The van der Waals surface area contributed by atoms with Crippen molar-refractivity contribution in [3.8, 4) is 0 Å². The monoisotopic (exact) mass is 516 g/mol. The lowest BCUT2D eigenvalue weighted by molar-refractivity contribution is -0.384. The van der Waals surface area contributed by atoms with Gasteiger partial charge in [0.05, 0.1) is 21.6 Å². The number of amides is 1. The minimum Gasteiger partial charge on any atom is -0.452 e. The number of esters is 1. The van der Waals surface area contributed by atoms with Crippen LogP contribution in [-0.2, 0) is 19.4 Å². The first-order valence-corrected chi connectivity index (χ1v) is 11.4. The molecule has 166 valence electrons. The molecule has 1 aromatic carbocycles. The van der Waals surface area contributed by atoms with Crippen LogP contribution in [0.2, 0.25) is 10.3 Å². The zero-order valence-corrected chi connectivity index (χ0v) is 18.7. The largest absolute Gasteiger partial charge is 0.452 e. The second kappa shape index (κ2) is 9.56. The third-order valence-electron chi connectivity index (χ3n) is 3.69. The Morgan fingerprint density at radius 1 is 1.16 bits per heavy atom. The number of nitro groups is 1. The smallest absolute Gasteiger partial charge is 0.338 e. The number of pyridine rings is 1. The van der Waals surface area contributed by atoms with Gasteiger partial charge in [-0.1, -0.05) is 34.5 Å². The van der Waals surface area contributed by atoms with Gasteiger partial charge in [-0.05, 0) is 24.3 Å². The van der Waals surface area contributed by atoms with Gasteiger partial charge in [0.2, 0.25) is 9.84 Å². The molecule has 0 saturated carbocycles. The van der Waals surface area contributed by atoms with Crippen LogP contribution in [0.15, 0.2) is 51.7 Å². The quantitative estimate of drug-likeness (QED) is 0.215. The molecule has 1 amide bonds. The van der Waals surface area contributed by atoms with E-state index in [0.29, 0.717) is 11.3 Å². The molecular weight excluding hydrogens is 507 g/mol.